The summed E-state index contributed by atoms with van der Waals surface area (Å²) in [6.07, 6.45) is 7.36. The first-order chi connectivity index (χ1) is 11.1. The van der Waals surface area contributed by atoms with E-state index < -0.39 is 6.61 Å². The van der Waals surface area contributed by atoms with Crippen molar-refractivity contribution >= 4 is 5.91 Å². The Morgan fingerprint density at radius 3 is 2.83 bits per heavy atom. The van der Waals surface area contributed by atoms with Gasteiger partial charge in [0, 0.05) is 12.5 Å². The molecule has 0 heterocycles. The van der Waals surface area contributed by atoms with Crippen molar-refractivity contribution in [2.75, 3.05) is 13.7 Å². The molecule has 1 aliphatic carbocycles. The number of halogens is 2. The summed E-state index contributed by atoms with van der Waals surface area (Å²) in [4.78, 5) is 12.0. The van der Waals surface area contributed by atoms with Gasteiger partial charge in [-0.2, -0.15) is 8.78 Å². The third-order valence-electron chi connectivity index (χ3n) is 3.80. The fourth-order valence-corrected chi connectivity index (χ4v) is 2.57. The Morgan fingerprint density at radius 2 is 2.17 bits per heavy atom. The Balaban J connectivity index is 1.85. The zero-order valence-corrected chi connectivity index (χ0v) is 13.1. The largest absolute Gasteiger partial charge is 0.493 e. The molecule has 0 radical (unpaired) electrons. The Morgan fingerprint density at radius 1 is 1.35 bits per heavy atom. The normalized spacial score (nSPS) is 17.1. The molecule has 6 heteroatoms. The fraction of sp³-hybridized carbons (Fsp3) is 0.471. The van der Waals surface area contributed by atoms with E-state index in [-0.39, 0.29) is 23.3 Å². The molecule has 0 aliphatic heterocycles. The number of alkyl halides is 2. The highest BCUT2D eigenvalue weighted by Crippen LogP contribution is 2.29. The van der Waals surface area contributed by atoms with E-state index in [1.807, 2.05) is 6.08 Å². The van der Waals surface area contributed by atoms with Crippen molar-refractivity contribution in [3.63, 3.8) is 0 Å². The Bertz CT molecular complexity index is 561. The van der Waals surface area contributed by atoms with Crippen LogP contribution in [0, 0.1) is 5.92 Å². The van der Waals surface area contributed by atoms with E-state index in [2.05, 4.69) is 16.1 Å². The number of carbonyl (C=O) groups is 1. The third-order valence-corrected chi connectivity index (χ3v) is 3.80. The number of carbonyl (C=O) groups excluding carboxylic acids is 1. The molecule has 1 aliphatic rings. The fourth-order valence-electron chi connectivity index (χ4n) is 2.57. The van der Waals surface area contributed by atoms with E-state index in [0.29, 0.717) is 13.0 Å². The number of rotatable bonds is 7. The topological polar surface area (TPSA) is 47.6 Å². The molecule has 0 bridgehead atoms. The van der Waals surface area contributed by atoms with Crippen LogP contribution in [0.2, 0.25) is 0 Å². The van der Waals surface area contributed by atoms with Crippen LogP contribution >= 0.6 is 0 Å². The SMILES string of the molecule is COc1cc(CCNC(=O)[C@H]2CC=CCC2)ccc1OC(F)F. The van der Waals surface area contributed by atoms with Crippen LogP contribution in [0.15, 0.2) is 30.4 Å². The molecule has 2 rings (SSSR count). The minimum atomic E-state index is -2.89. The molecule has 4 nitrogen and oxygen atoms in total. The second-order valence-corrected chi connectivity index (χ2v) is 5.39. The van der Waals surface area contributed by atoms with Gasteiger partial charge in [-0.15, -0.1) is 0 Å². The van der Waals surface area contributed by atoms with Gasteiger partial charge in [0.1, 0.15) is 0 Å². The van der Waals surface area contributed by atoms with Gasteiger partial charge in [0.2, 0.25) is 5.91 Å². The summed E-state index contributed by atoms with van der Waals surface area (Å²) >= 11 is 0. The highest BCUT2D eigenvalue weighted by molar-refractivity contribution is 5.78. The standard InChI is InChI=1S/C17H21F2NO3/c1-22-15-11-12(7-8-14(15)23-17(18)19)9-10-20-16(21)13-5-3-2-4-6-13/h2-3,7-8,11,13,17H,4-6,9-10H2,1H3,(H,20,21)/t13-/m0/s1. The first-order valence-corrected chi connectivity index (χ1v) is 7.64. The molecule has 1 aromatic carbocycles. The van der Waals surface area contributed by atoms with Crippen molar-refractivity contribution in [1.29, 1.82) is 0 Å². The molecule has 1 amide bonds. The van der Waals surface area contributed by atoms with Gasteiger partial charge in [0.25, 0.3) is 0 Å². The van der Waals surface area contributed by atoms with Gasteiger partial charge in [-0.25, -0.2) is 0 Å². The van der Waals surface area contributed by atoms with Crippen LogP contribution in [0.5, 0.6) is 11.5 Å². The summed E-state index contributed by atoms with van der Waals surface area (Å²) in [6.45, 7) is -2.39. The summed E-state index contributed by atoms with van der Waals surface area (Å²) in [5.74, 6) is 0.381. The van der Waals surface area contributed by atoms with E-state index in [1.165, 1.54) is 13.2 Å². The van der Waals surface area contributed by atoms with Crippen molar-refractivity contribution in [3.8, 4) is 11.5 Å². The maximum atomic E-state index is 12.3. The van der Waals surface area contributed by atoms with Gasteiger partial charge >= 0.3 is 6.61 Å². The average Bonchev–Trinajstić information content (AvgIpc) is 2.56. The smallest absolute Gasteiger partial charge is 0.387 e. The molecule has 1 atom stereocenters. The molecule has 0 fully saturated rings. The number of amides is 1. The Hall–Kier alpha value is -2.11. The number of hydrogen-bond acceptors (Lipinski definition) is 3. The third kappa shape index (κ3) is 5.23. The summed E-state index contributed by atoms with van der Waals surface area (Å²) in [5, 5.41) is 2.92. The number of methoxy groups -OCH3 is 1. The van der Waals surface area contributed by atoms with E-state index in [9.17, 15) is 13.6 Å². The van der Waals surface area contributed by atoms with Crippen molar-refractivity contribution in [3.05, 3.63) is 35.9 Å². The summed E-state index contributed by atoms with van der Waals surface area (Å²) in [7, 11) is 1.40. The van der Waals surface area contributed by atoms with Crippen molar-refractivity contribution in [2.24, 2.45) is 5.92 Å². The first kappa shape index (κ1) is 17.2. The van der Waals surface area contributed by atoms with Crippen LogP contribution in [0.25, 0.3) is 0 Å². The van der Waals surface area contributed by atoms with Crippen LogP contribution in [-0.4, -0.2) is 26.2 Å². The second-order valence-electron chi connectivity index (χ2n) is 5.39. The lowest BCUT2D eigenvalue weighted by Gasteiger charge is -2.17. The van der Waals surface area contributed by atoms with E-state index >= 15 is 0 Å². The number of allylic oxidation sites excluding steroid dienone is 2. The Labute approximate surface area is 134 Å². The molecule has 23 heavy (non-hydrogen) atoms. The zero-order valence-electron chi connectivity index (χ0n) is 13.1. The lowest BCUT2D eigenvalue weighted by atomic mass is 9.93. The lowest BCUT2D eigenvalue weighted by molar-refractivity contribution is -0.125. The molecule has 1 aromatic rings. The van der Waals surface area contributed by atoms with Crippen molar-refractivity contribution in [2.45, 2.75) is 32.3 Å². The first-order valence-electron chi connectivity index (χ1n) is 7.64. The minimum absolute atomic E-state index is 0.00396. The molecule has 126 valence electrons. The van der Waals surface area contributed by atoms with Gasteiger partial charge < -0.3 is 14.8 Å². The van der Waals surface area contributed by atoms with Gasteiger partial charge in [0.15, 0.2) is 11.5 Å². The lowest BCUT2D eigenvalue weighted by Crippen LogP contribution is -2.32. The molecular weight excluding hydrogens is 304 g/mol. The predicted octanol–water partition coefficient (Wildman–Crippen LogP) is 3.31. The number of nitrogens with one attached hydrogen (secondary N) is 1. The quantitative estimate of drug-likeness (QED) is 0.783. The Kier molecular flexibility index (Phi) is 6.38. The van der Waals surface area contributed by atoms with Gasteiger partial charge in [-0.05, 0) is 43.4 Å². The van der Waals surface area contributed by atoms with Crippen LogP contribution in [0.1, 0.15) is 24.8 Å². The highest BCUT2D eigenvalue weighted by atomic mass is 19.3. The minimum Gasteiger partial charge on any atom is -0.493 e. The van der Waals surface area contributed by atoms with E-state index in [1.54, 1.807) is 12.1 Å². The maximum Gasteiger partial charge on any atom is 0.387 e. The molecule has 0 saturated carbocycles. The maximum absolute atomic E-state index is 12.3. The summed E-state index contributed by atoms with van der Waals surface area (Å²) < 4.78 is 34.0. The van der Waals surface area contributed by atoms with E-state index in [4.69, 9.17) is 4.74 Å². The van der Waals surface area contributed by atoms with Crippen molar-refractivity contribution < 1.29 is 23.0 Å². The number of hydrogen-bond donors (Lipinski definition) is 1. The zero-order chi connectivity index (χ0) is 16.7. The van der Waals surface area contributed by atoms with Crippen molar-refractivity contribution in [1.82, 2.24) is 5.32 Å². The van der Waals surface area contributed by atoms with Crippen LogP contribution in [0.3, 0.4) is 0 Å². The number of benzene rings is 1. The highest BCUT2D eigenvalue weighted by Gasteiger charge is 2.18. The van der Waals surface area contributed by atoms with Crippen LogP contribution in [-0.2, 0) is 11.2 Å². The predicted molar refractivity (Wildman–Crippen MR) is 82.8 cm³/mol. The average molecular weight is 325 g/mol. The molecule has 0 unspecified atom stereocenters. The van der Waals surface area contributed by atoms with Gasteiger partial charge in [-0.1, -0.05) is 18.2 Å². The van der Waals surface area contributed by atoms with Gasteiger partial charge in [0.05, 0.1) is 7.11 Å². The molecule has 1 N–H and O–H groups in total. The monoisotopic (exact) mass is 325 g/mol. The van der Waals surface area contributed by atoms with Gasteiger partial charge in [-0.3, -0.25) is 4.79 Å². The molecule has 0 spiro atoms. The van der Waals surface area contributed by atoms with Crippen LogP contribution < -0.4 is 14.8 Å². The van der Waals surface area contributed by atoms with Crippen LogP contribution in [0.4, 0.5) is 8.78 Å². The van der Waals surface area contributed by atoms with E-state index in [0.717, 1.165) is 24.8 Å². The number of ether oxygens (including phenoxy) is 2. The summed E-state index contributed by atoms with van der Waals surface area (Å²) in [5.41, 5.74) is 0.882. The molecule has 0 saturated heterocycles. The molecule has 0 aromatic heterocycles. The second kappa shape index (κ2) is 8.50. The summed E-state index contributed by atoms with van der Waals surface area (Å²) in [6, 6.07) is 4.79. The molecular formula is C17H21F2NO3.